The molecule has 0 bridgehead atoms. The fraction of sp³-hybridized carbons (Fsp3) is 0.294. The monoisotopic (exact) mass is 325 g/mol. The minimum absolute atomic E-state index is 0.0844. The minimum Gasteiger partial charge on any atom is -0.356 e. The molecule has 0 unspecified atom stereocenters. The normalized spacial score (nSPS) is 12.2. The molecule has 0 aliphatic rings. The highest BCUT2D eigenvalue weighted by molar-refractivity contribution is 5.99. The van der Waals surface area contributed by atoms with Crippen LogP contribution in [0.2, 0.25) is 0 Å². The van der Waals surface area contributed by atoms with Gasteiger partial charge in [0.05, 0.1) is 6.04 Å². The Kier molecular flexibility index (Phi) is 4.41. The first-order chi connectivity index (χ1) is 11.6. The quantitative estimate of drug-likeness (QED) is 0.681. The van der Waals surface area contributed by atoms with Crippen LogP contribution in [0.5, 0.6) is 0 Å². The molecule has 0 spiro atoms. The van der Waals surface area contributed by atoms with E-state index in [0.717, 1.165) is 18.5 Å². The third-order valence-corrected chi connectivity index (χ3v) is 3.87. The average Bonchev–Trinajstić information content (AvgIpc) is 3.22. The lowest BCUT2D eigenvalue weighted by Crippen LogP contribution is -2.30. The molecule has 0 saturated heterocycles. The maximum atomic E-state index is 12.5. The van der Waals surface area contributed by atoms with E-state index in [1.165, 1.54) is 6.92 Å². The van der Waals surface area contributed by atoms with Gasteiger partial charge in [0.1, 0.15) is 5.69 Å². The van der Waals surface area contributed by atoms with Crippen LogP contribution >= 0.6 is 0 Å². The molecule has 0 fully saturated rings. The molecule has 3 aromatic heterocycles. The van der Waals surface area contributed by atoms with Crippen LogP contribution in [0.1, 0.15) is 59.4 Å². The zero-order valence-electron chi connectivity index (χ0n) is 13.6. The number of ketones is 1. The molecule has 24 heavy (non-hydrogen) atoms. The Labute approximate surface area is 139 Å². The second-order valence-electron chi connectivity index (χ2n) is 5.66. The van der Waals surface area contributed by atoms with Crippen molar-refractivity contribution < 1.29 is 9.59 Å². The number of carbonyl (C=O) groups excluding carboxylic acids is 2. The number of carbonyl (C=O) groups is 2. The second kappa shape index (κ2) is 6.66. The van der Waals surface area contributed by atoms with E-state index in [1.54, 1.807) is 12.3 Å². The van der Waals surface area contributed by atoms with Gasteiger partial charge in [0.15, 0.2) is 17.3 Å². The highest BCUT2D eigenvalue weighted by atomic mass is 16.2. The fourth-order valence-electron chi connectivity index (χ4n) is 2.62. The first-order valence-electron chi connectivity index (χ1n) is 7.90. The molecule has 1 atom stereocenters. The number of rotatable bonds is 6. The lowest BCUT2D eigenvalue weighted by molar-refractivity contribution is 0.0927. The number of pyridine rings is 1. The molecule has 2 N–H and O–H groups in total. The Morgan fingerprint density at radius 2 is 2.17 bits per heavy atom. The van der Waals surface area contributed by atoms with Crippen molar-refractivity contribution in [1.29, 1.82) is 0 Å². The van der Waals surface area contributed by atoms with E-state index in [9.17, 15) is 9.59 Å². The van der Waals surface area contributed by atoms with Crippen LogP contribution in [0.25, 0.3) is 5.65 Å². The molecule has 0 radical (unpaired) electrons. The summed E-state index contributed by atoms with van der Waals surface area (Å²) in [4.78, 5) is 26.7. The van der Waals surface area contributed by atoms with Crippen molar-refractivity contribution in [2.45, 2.75) is 32.7 Å². The molecule has 0 saturated carbocycles. The van der Waals surface area contributed by atoms with E-state index in [1.807, 2.05) is 35.7 Å². The lowest BCUT2D eigenvalue weighted by Gasteiger charge is -2.16. The van der Waals surface area contributed by atoms with E-state index >= 15 is 0 Å². The summed E-state index contributed by atoms with van der Waals surface area (Å²) in [5.41, 5.74) is 1.58. The van der Waals surface area contributed by atoms with Gasteiger partial charge in [-0.15, -0.1) is 10.2 Å². The Morgan fingerprint density at radius 3 is 2.88 bits per heavy atom. The largest absolute Gasteiger partial charge is 0.356 e. The maximum Gasteiger partial charge on any atom is 0.268 e. The predicted molar refractivity (Wildman–Crippen MR) is 88.9 cm³/mol. The van der Waals surface area contributed by atoms with Crippen molar-refractivity contribution >= 4 is 17.3 Å². The second-order valence-corrected chi connectivity index (χ2v) is 5.66. The third-order valence-electron chi connectivity index (χ3n) is 3.87. The highest BCUT2D eigenvalue weighted by Crippen LogP contribution is 2.18. The first kappa shape index (κ1) is 15.9. The van der Waals surface area contributed by atoms with E-state index < -0.39 is 0 Å². The number of hydrogen-bond acceptors (Lipinski definition) is 4. The highest BCUT2D eigenvalue weighted by Gasteiger charge is 2.21. The Bertz CT molecular complexity index is 880. The molecule has 7 nitrogen and oxygen atoms in total. The summed E-state index contributed by atoms with van der Waals surface area (Å²) in [6.45, 7) is 3.51. The number of aromatic nitrogens is 4. The summed E-state index contributed by atoms with van der Waals surface area (Å²) in [5, 5.41) is 11.3. The minimum atomic E-state index is -0.270. The van der Waals surface area contributed by atoms with Crippen molar-refractivity contribution in [3.05, 3.63) is 53.7 Å². The van der Waals surface area contributed by atoms with Crippen LogP contribution in [-0.2, 0) is 0 Å². The molecule has 3 heterocycles. The third kappa shape index (κ3) is 3.05. The van der Waals surface area contributed by atoms with Crippen LogP contribution in [-0.4, -0.2) is 31.3 Å². The van der Waals surface area contributed by atoms with Gasteiger partial charge < -0.3 is 10.3 Å². The van der Waals surface area contributed by atoms with Crippen molar-refractivity contribution in [3.8, 4) is 0 Å². The summed E-state index contributed by atoms with van der Waals surface area (Å²) in [7, 11) is 0. The maximum absolute atomic E-state index is 12.5. The first-order valence-corrected chi connectivity index (χ1v) is 7.90. The Hall–Kier alpha value is -2.96. The molecule has 124 valence electrons. The predicted octanol–water partition coefficient (Wildman–Crippen LogP) is 2.53. The number of fused-ring (bicyclic) bond motifs is 1. The number of hydrogen-bond donors (Lipinski definition) is 2. The number of H-pyrrole nitrogens is 1. The molecule has 0 aliphatic carbocycles. The number of nitrogens with one attached hydrogen (secondary N) is 2. The van der Waals surface area contributed by atoms with Crippen LogP contribution in [0.3, 0.4) is 0 Å². The van der Waals surface area contributed by atoms with Crippen molar-refractivity contribution in [2.24, 2.45) is 0 Å². The smallest absolute Gasteiger partial charge is 0.268 e. The van der Waals surface area contributed by atoms with Crippen LogP contribution in [0.4, 0.5) is 0 Å². The molecular formula is C17H19N5O2. The summed E-state index contributed by atoms with van der Waals surface area (Å²) in [6, 6.07) is 6.95. The Morgan fingerprint density at radius 1 is 1.33 bits per heavy atom. The molecule has 0 aromatic carbocycles. The van der Waals surface area contributed by atoms with Crippen molar-refractivity contribution in [1.82, 2.24) is 24.9 Å². The van der Waals surface area contributed by atoms with Gasteiger partial charge in [-0.25, -0.2) is 0 Å². The van der Waals surface area contributed by atoms with Gasteiger partial charge in [0, 0.05) is 18.0 Å². The van der Waals surface area contributed by atoms with E-state index in [-0.39, 0.29) is 17.7 Å². The van der Waals surface area contributed by atoms with Crippen molar-refractivity contribution in [2.75, 3.05) is 0 Å². The van der Waals surface area contributed by atoms with E-state index in [4.69, 9.17) is 0 Å². The van der Waals surface area contributed by atoms with Crippen LogP contribution < -0.4 is 5.32 Å². The van der Waals surface area contributed by atoms with Crippen LogP contribution in [0, 0.1) is 0 Å². The van der Waals surface area contributed by atoms with Gasteiger partial charge in [0.2, 0.25) is 0 Å². The number of amides is 1. The van der Waals surface area contributed by atoms with Gasteiger partial charge in [-0.2, -0.15) is 0 Å². The zero-order valence-corrected chi connectivity index (χ0v) is 13.6. The molecule has 3 aromatic rings. The van der Waals surface area contributed by atoms with Gasteiger partial charge in [-0.1, -0.05) is 19.4 Å². The molecule has 1 amide bonds. The topological polar surface area (TPSA) is 92.1 Å². The fourth-order valence-corrected chi connectivity index (χ4v) is 2.62. The van der Waals surface area contributed by atoms with Gasteiger partial charge in [-0.05, 0) is 31.5 Å². The molecule has 0 aliphatic heterocycles. The zero-order chi connectivity index (χ0) is 17.1. The van der Waals surface area contributed by atoms with Gasteiger partial charge in [0.25, 0.3) is 5.91 Å². The lowest BCUT2D eigenvalue weighted by atomic mass is 10.1. The number of nitrogens with zero attached hydrogens (tertiary/aromatic N) is 3. The molecule has 7 heteroatoms. The Balaban J connectivity index is 1.85. The number of aromatic amines is 1. The van der Waals surface area contributed by atoms with Crippen LogP contribution in [0.15, 0.2) is 36.7 Å². The average molecular weight is 325 g/mol. The molecular weight excluding hydrogens is 306 g/mol. The summed E-state index contributed by atoms with van der Waals surface area (Å²) in [5.74, 6) is 0.339. The summed E-state index contributed by atoms with van der Waals surface area (Å²) in [6.07, 6.45) is 5.04. The van der Waals surface area contributed by atoms with Gasteiger partial charge >= 0.3 is 0 Å². The summed E-state index contributed by atoms with van der Waals surface area (Å²) < 4.78 is 1.87. The van der Waals surface area contributed by atoms with Gasteiger partial charge in [-0.3, -0.25) is 14.0 Å². The number of Topliss-reactive ketones (excluding diaryl/α,β-unsaturated/α-hetero) is 1. The summed E-state index contributed by atoms with van der Waals surface area (Å²) >= 11 is 0. The van der Waals surface area contributed by atoms with E-state index in [2.05, 4.69) is 20.5 Å². The van der Waals surface area contributed by atoms with Crippen molar-refractivity contribution in [3.63, 3.8) is 0 Å². The molecule has 3 rings (SSSR count). The standard InChI is InChI=1S/C17H19N5O2/c1-3-6-13(16-21-20-15-7-4-5-8-22(15)16)19-17(24)14-9-12(10-18-14)11(2)23/h4-5,7-10,13,18H,3,6H2,1-2H3,(H,19,24)/t13-/m1/s1. The van der Waals surface area contributed by atoms with E-state index in [0.29, 0.717) is 17.1 Å². The SMILES string of the molecule is CCC[C@@H](NC(=O)c1cc(C(C)=O)c[nH]1)c1nnc2ccccn12.